The van der Waals surface area contributed by atoms with Crippen molar-refractivity contribution in [3.05, 3.63) is 49.9 Å². The molecule has 11 heteroatoms. The highest BCUT2D eigenvalue weighted by molar-refractivity contribution is 6.06. The Balaban J connectivity index is 1.40. The van der Waals surface area contributed by atoms with Crippen LogP contribution in [0.1, 0.15) is 94.3 Å². The first kappa shape index (κ1) is 25.2. The smallest absolute Gasteiger partial charge is 0.334 e. The van der Waals surface area contributed by atoms with Crippen molar-refractivity contribution in [1.82, 2.24) is 14.1 Å². The number of hydrogen-bond donors (Lipinski definition) is 5. The Hall–Kier alpha value is -3.47. The largest absolute Gasteiger partial charge is 0.494 e. The van der Waals surface area contributed by atoms with E-state index in [1.54, 1.807) is 19.1 Å². The molecule has 2 aromatic rings. The van der Waals surface area contributed by atoms with Gasteiger partial charge in [0.2, 0.25) is 11.8 Å². The second-order valence-corrected chi connectivity index (χ2v) is 11.0. The van der Waals surface area contributed by atoms with Crippen LogP contribution in [0.5, 0.6) is 5.88 Å². The van der Waals surface area contributed by atoms with E-state index in [-0.39, 0.29) is 29.5 Å². The third-order valence-corrected chi connectivity index (χ3v) is 8.57. The average molecular weight is 511 g/mol. The van der Waals surface area contributed by atoms with Crippen LogP contribution < -0.4 is 22.3 Å². The van der Waals surface area contributed by atoms with Crippen molar-refractivity contribution in [2.45, 2.75) is 89.3 Å². The predicted molar refractivity (Wildman–Crippen MR) is 137 cm³/mol. The molecule has 3 aliphatic rings. The Labute approximate surface area is 213 Å². The first-order valence-corrected chi connectivity index (χ1v) is 13.0. The van der Waals surface area contributed by atoms with E-state index in [0.717, 1.165) is 23.8 Å². The summed E-state index contributed by atoms with van der Waals surface area (Å²) in [7, 11) is 0. The first-order valence-electron chi connectivity index (χ1n) is 13.0. The Bertz CT molecular complexity index is 1390. The van der Waals surface area contributed by atoms with Crippen LogP contribution in [0.2, 0.25) is 0 Å². The van der Waals surface area contributed by atoms with Gasteiger partial charge in [-0.1, -0.05) is 13.3 Å². The van der Waals surface area contributed by atoms with Gasteiger partial charge in [0.25, 0.3) is 5.56 Å². The second-order valence-electron chi connectivity index (χ2n) is 11.0. The van der Waals surface area contributed by atoms with Crippen molar-refractivity contribution in [3.63, 3.8) is 0 Å². The predicted octanol–water partition coefficient (Wildman–Crippen LogP) is 2.03. The summed E-state index contributed by atoms with van der Waals surface area (Å²) >= 11 is 0. The fraction of sp³-hybridized carbons (Fsp3) is 0.577. The van der Waals surface area contributed by atoms with Crippen LogP contribution in [0.15, 0.2) is 21.7 Å². The molecule has 0 radical (unpaired) electrons. The molecule has 0 bridgehead atoms. The molecule has 2 fully saturated rings. The van der Waals surface area contributed by atoms with Crippen LogP contribution >= 0.6 is 0 Å². The summed E-state index contributed by atoms with van der Waals surface area (Å²) in [5.74, 6) is -1.18. The quantitative estimate of drug-likeness (QED) is 0.292. The average Bonchev–Trinajstić information content (AvgIpc) is 3.10. The van der Waals surface area contributed by atoms with E-state index < -0.39 is 34.5 Å². The number of pyridine rings is 1. The number of carbonyl (C=O) groups excluding carboxylic acids is 1. The molecular weight excluding hydrogens is 476 g/mol. The summed E-state index contributed by atoms with van der Waals surface area (Å²) in [6, 6.07) is 3.14. The molecule has 2 saturated carbocycles. The number of aliphatic hydroxyl groups is 1. The molecule has 0 saturated heterocycles. The molecule has 1 amide bonds. The molecule has 6 N–H and O–H groups in total. The third-order valence-electron chi connectivity index (χ3n) is 8.57. The number of anilines is 1. The molecule has 1 unspecified atom stereocenters. The zero-order valence-electron chi connectivity index (χ0n) is 21.2. The number of nitrogens with one attached hydrogen (secondary N) is 2. The molecule has 1 atom stereocenters. The zero-order chi connectivity index (χ0) is 26.7. The summed E-state index contributed by atoms with van der Waals surface area (Å²) in [6.45, 7) is 3.84. The normalized spacial score (nSPS) is 27.1. The zero-order valence-corrected chi connectivity index (χ0v) is 21.2. The van der Waals surface area contributed by atoms with Gasteiger partial charge in [-0.15, -0.1) is 0 Å². The second kappa shape index (κ2) is 8.83. The number of aromatic hydroxyl groups is 1. The number of amides is 1. The number of aromatic nitrogens is 3. The van der Waals surface area contributed by atoms with Gasteiger partial charge in [-0.2, -0.15) is 0 Å². The SMILES string of the molecule is CCCCn1c(O)c(C(=N)N)c(=O)n(C2CCC3(CC2)CC2(C3)C(=O)Nc3ccc(C(C)O)nc32)c1=O. The first-order chi connectivity index (χ1) is 17.5. The lowest BCUT2D eigenvalue weighted by Gasteiger charge is -2.56. The number of unbranched alkanes of at least 4 members (excludes halogenated alkanes) is 1. The molecule has 2 aliphatic carbocycles. The number of nitrogens with zero attached hydrogens (tertiary/aromatic N) is 3. The number of carbonyl (C=O) groups is 1. The third kappa shape index (κ3) is 3.78. The number of nitrogens with two attached hydrogens (primary N) is 1. The lowest BCUT2D eigenvalue weighted by Crippen LogP contribution is -2.56. The molecule has 3 heterocycles. The van der Waals surface area contributed by atoms with Crippen LogP contribution in [0.25, 0.3) is 0 Å². The summed E-state index contributed by atoms with van der Waals surface area (Å²) in [4.78, 5) is 44.1. The van der Waals surface area contributed by atoms with Gasteiger partial charge in [-0.05, 0) is 69.4 Å². The minimum absolute atomic E-state index is 0.0647. The number of rotatable bonds is 6. The highest BCUT2D eigenvalue weighted by Crippen LogP contribution is 2.65. The van der Waals surface area contributed by atoms with E-state index in [4.69, 9.17) is 11.1 Å². The topological polar surface area (TPSA) is 176 Å². The summed E-state index contributed by atoms with van der Waals surface area (Å²) < 4.78 is 2.32. The van der Waals surface area contributed by atoms with Gasteiger partial charge < -0.3 is 21.3 Å². The van der Waals surface area contributed by atoms with E-state index in [2.05, 4.69) is 10.3 Å². The molecular formula is C26H34N6O5. The molecule has 2 spiro atoms. The van der Waals surface area contributed by atoms with Gasteiger partial charge in [-0.25, -0.2) is 4.79 Å². The highest BCUT2D eigenvalue weighted by atomic mass is 16.3. The molecule has 198 valence electrons. The molecule has 1 aliphatic heterocycles. The van der Waals surface area contributed by atoms with Crippen molar-refractivity contribution in [2.24, 2.45) is 11.1 Å². The Morgan fingerprint density at radius 2 is 1.95 bits per heavy atom. The van der Waals surface area contributed by atoms with Crippen molar-refractivity contribution in [1.29, 1.82) is 5.41 Å². The minimum atomic E-state index is -0.729. The number of amidine groups is 1. The standard InChI is InChI=1S/C26H34N6O5/c1-3-4-11-31-21(34)18(20(27)28)22(35)32(24(31)37)15-7-9-25(10-8-15)12-26(13-25)19-17(30-23(26)36)6-5-16(29-19)14(2)33/h5-6,14-15,33-34H,3-4,7-13H2,1-2H3,(H3,27,28)(H,30,36). The molecule has 37 heavy (non-hydrogen) atoms. The van der Waals surface area contributed by atoms with Gasteiger partial charge >= 0.3 is 5.69 Å². The fourth-order valence-electron chi connectivity index (χ4n) is 6.64. The van der Waals surface area contributed by atoms with Crippen LogP contribution in [0.3, 0.4) is 0 Å². The fourth-order valence-corrected chi connectivity index (χ4v) is 6.64. The van der Waals surface area contributed by atoms with Crippen LogP contribution in [-0.4, -0.2) is 36.1 Å². The lowest BCUT2D eigenvalue weighted by atomic mass is 9.47. The van der Waals surface area contributed by atoms with Gasteiger partial charge in [-0.3, -0.25) is 29.1 Å². The molecule has 5 rings (SSSR count). The number of hydrogen-bond acceptors (Lipinski definition) is 7. The monoisotopic (exact) mass is 510 g/mol. The van der Waals surface area contributed by atoms with E-state index in [9.17, 15) is 24.6 Å². The van der Waals surface area contributed by atoms with E-state index in [1.807, 2.05) is 6.92 Å². The molecule has 0 aromatic carbocycles. The Morgan fingerprint density at radius 1 is 1.27 bits per heavy atom. The Morgan fingerprint density at radius 3 is 2.54 bits per heavy atom. The van der Waals surface area contributed by atoms with Crippen LogP contribution in [0, 0.1) is 10.8 Å². The van der Waals surface area contributed by atoms with Crippen molar-refractivity contribution >= 4 is 17.4 Å². The summed E-state index contributed by atoms with van der Waals surface area (Å²) in [5, 5.41) is 31.3. The van der Waals surface area contributed by atoms with Gasteiger partial charge in [0.05, 0.1) is 28.6 Å². The van der Waals surface area contributed by atoms with Gasteiger partial charge in [0, 0.05) is 12.6 Å². The highest BCUT2D eigenvalue weighted by Gasteiger charge is 2.63. The van der Waals surface area contributed by atoms with Crippen LogP contribution in [0.4, 0.5) is 5.69 Å². The van der Waals surface area contributed by atoms with Crippen molar-refractivity contribution in [3.8, 4) is 5.88 Å². The summed E-state index contributed by atoms with van der Waals surface area (Å²) in [5.41, 5.74) is 5.09. The van der Waals surface area contributed by atoms with Gasteiger partial charge in [0.15, 0.2) is 0 Å². The maximum absolute atomic E-state index is 13.3. The van der Waals surface area contributed by atoms with E-state index >= 15 is 0 Å². The number of nitrogen functional groups attached to an aromatic ring is 1. The lowest BCUT2D eigenvalue weighted by molar-refractivity contribution is -0.132. The summed E-state index contributed by atoms with van der Waals surface area (Å²) in [6.07, 6.45) is 4.55. The van der Waals surface area contributed by atoms with E-state index in [1.165, 1.54) is 4.57 Å². The van der Waals surface area contributed by atoms with Crippen molar-refractivity contribution < 1.29 is 15.0 Å². The maximum atomic E-state index is 13.3. The van der Waals surface area contributed by atoms with Crippen LogP contribution in [-0.2, 0) is 16.8 Å². The molecule has 11 nitrogen and oxygen atoms in total. The Kier molecular flexibility index (Phi) is 6.01. The minimum Gasteiger partial charge on any atom is -0.494 e. The van der Waals surface area contributed by atoms with Crippen molar-refractivity contribution in [2.75, 3.05) is 5.32 Å². The molecule has 2 aromatic heterocycles. The number of aliphatic hydroxyl groups excluding tert-OH is 1. The van der Waals surface area contributed by atoms with Gasteiger partial charge in [0.1, 0.15) is 11.4 Å². The maximum Gasteiger partial charge on any atom is 0.334 e. The van der Waals surface area contributed by atoms with E-state index in [0.29, 0.717) is 49.2 Å². The number of fused-ring (bicyclic) bond motifs is 2.